The Labute approximate surface area is 165 Å². The van der Waals surface area contributed by atoms with Crippen LogP contribution in [0, 0.1) is 0 Å². The first kappa shape index (κ1) is 19.2. The van der Waals surface area contributed by atoms with Crippen LogP contribution in [0.5, 0.6) is 0 Å². The number of hydrogen-bond donors (Lipinski definition) is 1. The van der Waals surface area contributed by atoms with Gasteiger partial charge in [0, 0.05) is 35.0 Å². The van der Waals surface area contributed by atoms with Gasteiger partial charge in [-0.2, -0.15) is 5.10 Å². The van der Waals surface area contributed by atoms with E-state index >= 15 is 0 Å². The molecule has 3 rings (SSSR count). The number of carbonyl (C=O) groups is 1. The first-order chi connectivity index (χ1) is 12.8. The van der Waals surface area contributed by atoms with Gasteiger partial charge >= 0.3 is 0 Å². The fourth-order valence-corrected chi connectivity index (χ4v) is 3.35. The molecule has 0 aliphatic heterocycles. The van der Waals surface area contributed by atoms with Gasteiger partial charge in [0.15, 0.2) is 0 Å². The smallest absolute Gasteiger partial charge is 0.233 e. The minimum absolute atomic E-state index is 0.0341. The number of rotatable bonds is 6. The highest BCUT2D eigenvalue weighted by Crippen LogP contribution is 2.24. The number of aromatic nitrogens is 3. The third kappa shape index (κ3) is 5.24. The number of halogens is 1. The maximum Gasteiger partial charge on any atom is 0.233 e. The number of nitrogens with one attached hydrogen (secondary N) is 1. The van der Waals surface area contributed by atoms with Crippen molar-refractivity contribution < 1.29 is 13.2 Å². The standard InChI is InChI=1S/C18H17BrN4O3S/c1-27(25,26)22-17(24)9-4-14-12-23(16-7-5-15(19)6-8-16)21-18(14)13-3-2-10-20-11-13/h2-3,5-8,10-12H,4,9H2,1H3,(H,22,24). The average Bonchev–Trinajstić information content (AvgIpc) is 3.04. The predicted octanol–water partition coefficient (Wildman–Crippen LogP) is 2.71. The molecule has 9 heteroatoms. The topological polar surface area (TPSA) is 94.0 Å². The molecule has 0 spiro atoms. The molecular weight excluding hydrogens is 432 g/mol. The predicted molar refractivity (Wildman–Crippen MR) is 106 cm³/mol. The molecule has 7 nitrogen and oxygen atoms in total. The summed E-state index contributed by atoms with van der Waals surface area (Å²) in [6, 6.07) is 11.4. The van der Waals surface area contributed by atoms with Gasteiger partial charge in [-0.25, -0.2) is 13.1 Å². The minimum Gasteiger partial charge on any atom is -0.274 e. The van der Waals surface area contributed by atoms with E-state index < -0.39 is 15.9 Å². The van der Waals surface area contributed by atoms with Crippen molar-refractivity contribution in [2.45, 2.75) is 12.8 Å². The van der Waals surface area contributed by atoms with Crippen molar-refractivity contribution in [2.24, 2.45) is 0 Å². The largest absolute Gasteiger partial charge is 0.274 e. The number of hydrogen-bond acceptors (Lipinski definition) is 5. The van der Waals surface area contributed by atoms with Crippen LogP contribution >= 0.6 is 15.9 Å². The second-order valence-corrected chi connectivity index (χ2v) is 8.63. The summed E-state index contributed by atoms with van der Waals surface area (Å²) in [5.74, 6) is -0.550. The van der Waals surface area contributed by atoms with E-state index in [9.17, 15) is 13.2 Å². The van der Waals surface area contributed by atoms with E-state index in [-0.39, 0.29) is 6.42 Å². The maximum atomic E-state index is 11.9. The molecule has 0 bridgehead atoms. The van der Waals surface area contributed by atoms with Crippen LogP contribution in [0.1, 0.15) is 12.0 Å². The van der Waals surface area contributed by atoms with Crippen LogP contribution in [0.4, 0.5) is 0 Å². The van der Waals surface area contributed by atoms with E-state index in [1.165, 1.54) is 0 Å². The zero-order valence-electron chi connectivity index (χ0n) is 14.5. The highest BCUT2D eigenvalue weighted by molar-refractivity contribution is 9.10. The van der Waals surface area contributed by atoms with Crippen molar-refractivity contribution in [3.05, 3.63) is 65.0 Å². The molecule has 27 heavy (non-hydrogen) atoms. The Morgan fingerprint density at radius 2 is 1.96 bits per heavy atom. The first-order valence-corrected chi connectivity index (χ1v) is 10.8. The summed E-state index contributed by atoms with van der Waals surface area (Å²) in [6.07, 6.45) is 6.56. The Bertz CT molecular complexity index is 1050. The van der Waals surface area contributed by atoms with E-state index in [0.717, 1.165) is 27.5 Å². The lowest BCUT2D eigenvalue weighted by molar-refractivity contribution is -0.119. The Hall–Kier alpha value is -2.52. The zero-order valence-corrected chi connectivity index (χ0v) is 16.9. The lowest BCUT2D eigenvalue weighted by Gasteiger charge is -2.03. The van der Waals surface area contributed by atoms with Gasteiger partial charge in [0.25, 0.3) is 0 Å². The van der Waals surface area contributed by atoms with Crippen molar-refractivity contribution in [3.8, 4) is 16.9 Å². The number of carbonyl (C=O) groups excluding carboxylic acids is 1. The molecule has 0 unspecified atom stereocenters. The molecule has 2 aromatic heterocycles. The summed E-state index contributed by atoms with van der Waals surface area (Å²) < 4.78 is 27.1. The Kier molecular flexibility index (Phi) is 5.71. The second-order valence-electron chi connectivity index (χ2n) is 5.96. The van der Waals surface area contributed by atoms with Gasteiger partial charge in [-0.05, 0) is 48.4 Å². The lowest BCUT2D eigenvalue weighted by atomic mass is 10.1. The van der Waals surface area contributed by atoms with Crippen LogP contribution in [0.15, 0.2) is 59.5 Å². The normalized spacial score (nSPS) is 11.3. The number of amides is 1. The molecule has 140 valence electrons. The number of aryl methyl sites for hydroxylation is 1. The third-order valence-electron chi connectivity index (χ3n) is 3.74. The van der Waals surface area contributed by atoms with Gasteiger partial charge in [-0.3, -0.25) is 14.5 Å². The average molecular weight is 449 g/mol. The van der Waals surface area contributed by atoms with Gasteiger partial charge in [-0.1, -0.05) is 15.9 Å². The van der Waals surface area contributed by atoms with Gasteiger partial charge in [0.05, 0.1) is 17.6 Å². The van der Waals surface area contributed by atoms with Gasteiger partial charge < -0.3 is 0 Å². The summed E-state index contributed by atoms with van der Waals surface area (Å²) in [4.78, 5) is 16.0. The van der Waals surface area contributed by atoms with Crippen LogP contribution in [0.3, 0.4) is 0 Å². The SMILES string of the molecule is CS(=O)(=O)NC(=O)CCc1cn(-c2ccc(Br)cc2)nc1-c1cccnc1. The molecule has 3 aromatic rings. The molecule has 1 aromatic carbocycles. The van der Waals surface area contributed by atoms with E-state index in [0.29, 0.717) is 12.1 Å². The molecule has 0 fully saturated rings. The molecule has 0 radical (unpaired) electrons. The Balaban J connectivity index is 1.91. The molecular formula is C18H17BrN4O3S. The van der Waals surface area contributed by atoms with Crippen LogP contribution in [0.25, 0.3) is 16.9 Å². The molecule has 0 saturated carbocycles. The van der Waals surface area contributed by atoms with Crippen molar-refractivity contribution in [1.29, 1.82) is 0 Å². The van der Waals surface area contributed by atoms with Crippen LogP contribution < -0.4 is 4.72 Å². The molecule has 0 saturated heterocycles. The number of sulfonamides is 1. The van der Waals surface area contributed by atoms with Gasteiger partial charge in [-0.15, -0.1) is 0 Å². The summed E-state index contributed by atoms with van der Waals surface area (Å²) in [6.45, 7) is 0. The molecule has 0 atom stereocenters. The fourth-order valence-electron chi connectivity index (χ4n) is 2.57. The molecule has 1 amide bonds. The zero-order chi connectivity index (χ0) is 19.4. The van der Waals surface area contributed by atoms with Gasteiger partial charge in [0.1, 0.15) is 0 Å². The van der Waals surface area contributed by atoms with Crippen molar-refractivity contribution in [1.82, 2.24) is 19.5 Å². The van der Waals surface area contributed by atoms with Gasteiger partial charge in [0.2, 0.25) is 15.9 Å². The summed E-state index contributed by atoms with van der Waals surface area (Å²) >= 11 is 3.41. The van der Waals surface area contributed by atoms with Crippen LogP contribution in [-0.4, -0.2) is 35.3 Å². The van der Waals surface area contributed by atoms with Crippen molar-refractivity contribution in [3.63, 3.8) is 0 Å². The first-order valence-electron chi connectivity index (χ1n) is 8.07. The summed E-state index contributed by atoms with van der Waals surface area (Å²) in [7, 11) is -3.57. The van der Waals surface area contributed by atoms with E-state index in [1.807, 2.05) is 47.3 Å². The molecule has 0 aliphatic carbocycles. The van der Waals surface area contributed by atoms with Crippen molar-refractivity contribution >= 4 is 31.9 Å². The molecule has 2 heterocycles. The fraction of sp³-hybridized carbons (Fsp3) is 0.167. The summed E-state index contributed by atoms with van der Waals surface area (Å²) in [5.41, 5.74) is 3.23. The number of pyridine rings is 1. The number of nitrogens with zero attached hydrogens (tertiary/aromatic N) is 3. The highest BCUT2D eigenvalue weighted by atomic mass is 79.9. The minimum atomic E-state index is -3.57. The summed E-state index contributed by atoms with van der Waals surface area (Å²) in [5, 5.41) is 4.64. The second kappa shape index (κ2) is 8.01. The van der Waals surface area contributed by atoms with Crippen LogP contribution in [0.2, 0.25) is 0 Å². The monoisotopic (exact) mass is 448 g/mol. The third-order valence-corrected chi connectivity index (χ3v) is 4.86. The van der Waals surface area contributed by atoms with E-state index in [4.69, 9.17) is 0 Å². The van der Waals surface area contributed by atoms with E-state index in [1.54, 1.807) is 17.1 Å². The number of benzene rings is 1. The Morgan fingerprint density at radius 3 is 2.59 bits per heavy atom. The molecule has 0 aliphatic rings. The lowest BCUT2D eigenvalue weighted by Crippen LogP contribution is -2.29. The Morgan fingerprint density at radius 1 is 1.22 bits per heavy atom. The molecule has 1 N–H and O–H groups in total. The highest BCUT2D eigenvalue weighted by Gasteiger charge is 2.15. The van der Waals surface area contributed by atoms with E-state index in [2.05, 4.69) is 26.0 Å². The quantitative estimate of drug-likeness (QED) is 0.625. The van der Waals surface area contributed by atoms with Crippen LogP contribution in [-0.2, 0) is 21.2 Å². The van der Waals surface area contributed by atoms with Crippen molar-refractivity contribution in [2.75, 3.05) is 6.26 Å². The maximum absolute atomic E-state index is 11.9.